The molecule has 6 nitrogen and oxygen atoms in total. The lowest BCUT2D eigenvalue weighted by Gasteiger charge is -2.22. The minimum absolute atomic E-state index is 0.134. The van der Waals surface area contributed by atoms with Gasteiger partial charge in [0, 0.05) is 17.6 Å². The van der Waals surface area contributed by atoms with Crippen LogP contribution >= 0.6 is 11.3 Å². The van der Waals surface area contributed by atoms with E-state index in [9.17, 15) is 4.79 Å². The van der Waals surface area contributed by atoms with E-state index in [1.165, 1.54) is 0 Å². The van der Waals surface area contributed by atoms with Crippen LogP contribution < -0.4 is 10.6 Å². The van der Waals surface area contributed by atoms with Gasteiger partial charge in [0.25, 0.3) is 5.91 Å². The molecule has 0 aromatic carbocycles. The summed E-state index contributed by atoms with van der Waals surface area (Å²) in [6, 6.07) is 2.13. The highest BCUT2D eigenvalue weighted by molar-refractivity contribution is 7.09. The Morgan fingerprint density at radius 3 is 3.24 bits per heavy atom. The van der Waals surface area contributed by atoms with Crippen molar-refractivity contribution >= 4 is 17.2 Å². The first-order chi connectivity index (χ1) is 10.2. The topological polar surface area (TPSA) is 71.8 Å². The lowest BCUT2D eigenvalue weighted by Crippen LogP contribution is -2.32. The van der Waals surface area contributed by atoms with Gasteiger partial charge in [0.2, 0.25) is 0 Å². The van der Waals surface area contributed by atoms with Crippen LogP contribution in [-0.2, 0) is 6.54 Å². The fourth-order valence-corrected chi connectivity index (χ4v) is 3.19. The number of carbonyl (C=O) groups is 1. The molecule has 2 N–H and O–H groups in total. The standard InChI is InChI=1S/C14H19N5OS/c1-10-13(21-9-17-10)8-16-14(20)12-4-6-19(18-12)11-3-2-5-15-7-11/h4,6,9,11,15H,2-3,5,7-8H2,1H3,(H,16,20)/t11-/m0/s1. The summed E-state index contributed by atoms with van der Waals surface area (Å²) in [6.45, 7) is 4.44. The second-order valence-corrected chi connectivity index (χ2v) is 6.16. The number of aromatic nitrogens is 3. The highest BCUT2D eigenvalue weighted by Crippen LogP contribution is 2.16. The molecular formula is C14H19N5OS. The zero-order chi connectivity index (χ0) is 14.7. The van der Waals surface area contributed by atoms with E-state index in [2.05, 4.69) is 20.7 Å². The van der Waals surface area contributed by atoms with Gasteiger partial charge >= 0.3 is 0 Å². The van der Waals surface area contributed by atoms with Crippen LogP contribution in [0, 0.1) is 6.92 Å². The summed E-state index contributed by atoms with van der Waals surface area (Å²) < 4.78 is 1.90. The van der Waals surface area contributed by atoms with Gasteiger partial charge in [-0.3, -0.25) is 9.48 Å². The largest absolute Gasteiger partial charge is 0.346 e. The van der Waals surface area contributed by atoms with Gasteiger partial charge in [-0.1, -0.05) is 0 Å². The van der Waals surface area contributed by atoms with Gasteiger partial charge in [-0.2, -0.15) is 5.10 Å². The van der Waals surface area contributed by atoms with Crippen LogP contribution in [0.3, 0.4) is 0 Å². The van der Waals surface area contributed by atoms with Gasteiger partial charge < -0.3 is 10.6 Å². The Kier molecular flexibility index (Phi) is 4.31. The van der Waals surface area contributed by atoms with Crippen LogP contribution in [-0.4, -0.2) is 33.8 Å². The van der Waals surface area contributed by atoms with Gasteiger partial charge in [-0.15, -0.1) is 11.3 Å². The Bertz CT molecular complexity index is 614. The number of thiazole rings is 1. The monoisotopic (exact) mass is 305 g/mol. The number of nitrogens with zero attached hydrogens (tertiary/aromatic N) is 3. The summed E-state index contributed by atoms with van der Waals surface area (Å²) in [6.07, 6.45) is 4.15. The van der Waals surface area contributed by atoms with Crippen molar-refractivity contribution < 1.29 is 4.79 Å². The molecule has 1 aliphatic heterocycles. The van der Waals surface area contributed by atoms with Crippen molar-refractivity contribution in [2.24, 2.45) is 0 Å². The van der Waals surface area contributed by atoms with Gasteiger partial charge in [-0.05, 0) is 32.4 Å². The van der Waals surface area contributed by atoms with E-state index >= 15 is 0 Å². The van der Waals surface area contributed by atoms with E-state index in [1.807, 2.05) is 17.8 Å². The first-order valence-corrected chi connectivity index (χ1v) is 8.05. The maximum Gasteiger partial charge on any atom is 0.272 e. The number of hydrogen-bond acceptors (Lipinski definition) is 5. The molecule has 2 aromatic heterocycles. The summed E-state index contributed by atoms with van der Waals surface area (Å²) in [7, 11) is 0. The van der Waals surface area contributed by atoms with E-state index in [0.717, 1.165) is 36.5 Å². The molecule has 112 valence electrons. The van der Waals surface area contributed by atoms with Crippen LogP contribution in [0.4, 0.5) is 0 Å². The number of nitrogens with one attached hydrogen (secondary N) is 2. The molecule has 3 rings (SSSR count). The van der Waals surface area contributed by atoms with E-state index in [4.69, 9.17) is 0 Å². The minimum atomic E-state index is -0.134. The molecule has 0 aliphatic carbocycles. The Balaban J connectivity index is 1.60. The number of hydrogen-bond donors (Lipinski definition) is 2. The van der Waals surface area contributed by atoms with Gasteiger partial charge in [-0.25, -0.2) is 4.98 Å². The van der Waals surface area contributed by atoms with Crippen LogP contribution in [0.15, 0.2) is 17.8 Å². The second-order valence-electron chi connectivity index (χ2n) is 5.22. The molecule has 3 heterocycles. The zero-order valence-electron chi connectivity index (χ0n) is 12.0. The van der Waals surface area contributed by atoms with Gasteiger partial charge in [0.15, 0.2) is 0 Å². The fraction of sp³-hybridized carbons (Fsp3) is 0.500. The van der Waals surface area contributed by atoms with Gasteiger partial charge in [0.05, 0.1) is 23.8 Å². The molecule has 1 amide bonds. The van der Waals surface area contributed by atoms with E-state index in [-0.39, 0.29) is 5.91 Å². The summed E-state index contributed by atoms with van der Waals surface area (Å²) >= 11 is 1.55. The summed E-state index contributed by atoms with van der Waals surface area (Å²) in [4.78, 5) is 17.4. The molecule has 0 spiro atoms. The third-order valence-electron chi connectivity index (χ3n) is 3.74. The lowest BCUT2D eigenvalue weighted by atomic mass is 10.1. The highest BCUT2D eigenvalue weighted by atomic mass is 32.1. The van der Waals surface area contributed by atoms with Crippen LogP contribution in [0.25, 0.3) is 0 Å². The molecule has 7 heteroatoms. The van der Waals surface area contributed by atoms with E-state index in [0.29, 0.717) is 18.3 Å². The molecule has 1 fully saturated rings. The molecule has 0 saturated carbocycles. The molecule has 2 aromatic rings. The normalized spacial score (nSPS) is 18.6. The third-order valence-corrected chi connectivity index (χ3v) is 4.68. The molecular weight excluding hydrogens is 286 g/mol. The molecule has 1 saturated heterocycles. The lowest BCUT2D eigenvalue weighted by molar-refractivity contribution is 0.0945. The predicted molar refractivity (Wildman–Crippen MR) is 81.4 cm³/mol. The van der Waals surface area contributed by atoms with Crippen LogP contribution in [0.2, 0.25) is 0 Å². The van der Waals surface area contributed by atoms with Crippen LogP contribution in [0.1, 0.15) is 39.9 Å². The molecule has 1 aliphatic rings. The Hall–Kier alpha value is -1.73. The summed E-state index contributed by atoms with van der Waals surface area (Å²) in [5.41, 5.74) is 3.24. The average Bonchev–Trinajstić information content (AvgIpc) is 3.15. The maximum absolute atomic E-state index is 12.1. The molecule has 1 atom stereocenters. The highest BCUT2D eigenvalue weighted by Gasteiger charge is 2.17. The summed E-state index contributed by atoms with van der Waals surface area (Å²) in [5, 5.41) is 10.7. The number of carbonyl (C=O) groups excluding carboxylic acids is 1. The smallest absolute Gasteiger partial charge is 0.272 e. The Morgan fingerprint density at radius 2 is 2.52 bits per heavy atom. The van der Waals surface area contributed by atoms with Crippen molar-refractivity contribution in [1.29, 1.82) is 0 Å². The number of amides is 1. The third kappa shape index (κ3) is 3.30. The molecule has 0 radical (unpaired) electrons. The van der Waals surface area contributed by atoms with Crippen molar-refractivity contribution in [2.45, 2.75) is 32.4 Å². The maximum atomic E-state index is 12.1. The van der Waals surface area contributed by atoms with Crippen molar-refractivity contribution in [2.75, 3.05) is 13.1 Å². The Labute approximate surface area is 127 Å². The first kappa shape index (κ1) is 14.2. The fourth-order valence-electron chi connectivity index (χ4n) is 2.47. The summed E-state index contributed by atoms with van der Waals surface area (Å²) in [5.74, 6) is -0.134. The van der Waals surface area contributed by atoms with Crippen molar-refractivity contribution in [3.05, 3.63) is 34.0 Å². The zero-order valence-corrected chi connectivity index (χ0v) is 12.8. The number of rotatable bonds is 4. The molecule has 21 heavy (non-hydrogen) atoms. The number of aryl methyl sites for hydroxylation is 1. The van der Waals surface area contributed by atoms with Gasteiger partial charge in [0.1, 0.15) is 5.69 Å². The number of piperidine rings is 1. The first-order valence-electron chi connectivity index (χ1n) is 7.17. The average molecular weight is 305 g/mol. The van der Waals surface area contributed by atoms with E-state index < -0.39 is 0 Å². The quantitative estimate of drug-likeness (QED) is 0.898. The SMILES string of the molecule is Cc1ncsc1CNC(=O)c1ccn([C@H]2CCCNC2)n1. The molecule has 0 bridgehead atoms. The molecule has 0 unspecified atom stereocenters. The van der Waals surface area contributed by atoms with Crippen molar-refractivity contribution in [3.8, 4) is 0 Å². The van der Waals surface area contributed by atoms with Crippen LogP contribution in [0.5, 0.6) is 0 Å². The van der Waals surface area contributed by atoms with Crippen molar-refractivity contribution in [1.82, 2.24) is 25.4 Å². The Morgan fingerprint density at radius 1 is 1.62 bits per heavy atom. The predicted octanol–water partition coefficient (Wildman–Crippen LogP) is 1.50. The van der Waals surface area contributed by atoms with Crippen molar-refractivity contribution in [3.63, 3.8) is 0 Å². The van der Waals surface area contributed by atoms with E-state index in [1.54, 1.807) is 22.9 Å². The second kappa shape index (κ2) is 6.36. The minimum Gasteiger partial charge on any atom is -0.346 e.